The largest absolute Gasteiger partial charge is 0.478 e. The normalized spacial score (nSPS) is 8.17. The maximum Gasteiger partial charge on any atom is 0.337 e. The standard InChI is InChI=1S/C6H5NO2.C2H7N/c8-6(9)5-2-1-3-7-4-5;1-2-3/h1-4H,(H,8,9);2-3H2,1H3. The summed E-state index contributed by atoms with van der Waals surface area (Å²) in [5, 5.41) is 8.34. The predicted molar refractivity (Wildman–Crippen MR) is 45.9 cm³/mol. The van der Waals surface area contributed by atoms with Crippen molar-refractivity contribution in [2.24, 2.45) is 5.73 Å². The van der Waals surface area contributed by atoms with Gasteiger partial charge in [0.15, 0.2) is 0 Å². The first-order valence-electron chi connectivity index (χ1n) is 3.55. The van der Waals surface area contributed by atoms with Gasteiger partial charge >= 0.3 is 5.97 Å². The van der Waals surface area contributed by atoms with Crippen molar-refractivity contribution in [1.82, 2.24) is 4.98 Å². The summed E-state index contributed by atoms with van der Waals surface area (Å²) in [7, 11) is 0. The van der Waals surface area contributed by atoms with Gasteiger partial charge in [-0.2, -0.15) is 0 Å². The zero-order chi connectivity index (χ0) is 9.40. The molecular formula is C8H12N2O2. The monoisotopic (exact) mass is 168 g/mol. The summed E-state index contributed by atoms with van der Waals surface area (Å²) in [5.41, 5.74) is 5.07. The maximum atomic E-state index is 10.2. The van der Waals surface area contributed by atoms with E-state index in [1.807, 2.05) is 6.92 Å². The number of hydrogen-bond acceptors (Lipinski definition) is 3. The smallest absolute Gasteiger partial charge is 0.337 e. The van der Waals surface area contributed by atoms with Crippen LogP contribution in [0.5, 0.6) is 0 Å². The fourth-order valence-electron chi connectivity index (χ4n) is 0.489. The molecule has 0 aromatic carbocycles. The second-order valence-electron chi connectivity index (χ2n) is 1.96. The van der Waals surface area contributed by atoms with Crippen molar-refractivity contribution in [2.75, 3.05) is 6.54 Å². The molecule has 66 valence electrons. The van der Waals surface area contributed by atoms with Crippen LogP contribution < -0.4 is 5.73 Å². The summed E-state index contributed by atoms with van der Waals surface area (Å²) < 4.78 is 0. The Morgan fingerprint density at radius 1 is 1.75 bits per heavy atom. The summed E-state index contributed by atoms with van der Waals surface area (Å²) in [5.74, 6) is -0.942. The molecule has 0 unspecified atom stereocenters. The average molecular weight is 168 g/mol. The van der Waals surface area contributed by atoms with Gasteiger partial charge in [0.05, 0.1) is 5.56 Å². The highest BCUT2D eigenvalue weighted by Crippen LogP contribution is 1.92. The van der Waals surface area contributed by atoms with E-state index in [1.165, 1.54) is 18.5 Å². The number of rotatable bonds is 1. The number of nitrogens with zero attached hydrogens (tertiary/aromatic N) is 1. The van der Waals surface area contributed by atoms with Crippen LogP contribution in [-0.4, -0.2) is 22.6 Å². The van der Waals surface area contributed by atoms with Crippen molar-refractivity contribution < 1.29 is 9.90 Å². The molecule has 0 aliphatic heterocycles. The highest BCUT2D eigenvalue weighted by atomic mass is 16.4. The summed E-state index contributed by atoms with van der Waals surface area (Å²) in [4.78, 5) is 13.8. The van der Waals surface area contributed by atoms with E-state index < -0.39 is 5.97 Å². The van der Waals surface area contributed by atoms with Gasteiger partial charge in [-0.1, -0.05) is 6.92 Å². The summed E-state index contributed by atoms with van der Waals surface area (Å²) in [6.07, 6.45) is 2.84. The number of hydrogen-bond donors (Lipinski definition) is 2. The second kappa shape index (κ2) is 6.30. The molecule has 4 heteroatoms. The molecule has 0 atom stereocenters. The van der Waals surface area contributed by atoms with Gasteiger partial charge in [0.25, 0.3) is 0 Å². The molecule has 1 rings (SSSR count). The Balaban J connectivity index is 0.000000354. The maximum absolute atomic E-state index is 10.2. The van der Waals surface area contributed by atoms with Gasteiger partial charge in [-0.15, -0.1) is 0 Å². The molecule has 0 saturated heterocycles. The summed E-state index contributed by atoms with van der Waals surface area (Å²) in [6, 6.07) is 3.08. The molecule has 0 bridgehead atoms. The first kappa shape index (κ1) is 10.6. The quantitative estimate of drug-likeness (QED) is 0.648. The van der Waals surface area contributed by atoms with Crippen molar-refractivity contribution in [3.05, 3.63) is 30.1 Å². The third kappa shape index (κ3) is 4.40. The van der Waals surface area contributed by atoms with Gasteiger partial charge in [0, 0.05) is 12.4 Å². The molecule has 0 spiro atoms. The van der Waals surface area contributed by atoms with Crippen molar-refractivity contribution in [1.29, 1.82) is 0 Å². The number of aromatic carboxylic acids is 1. The molecule has 1 aromatic heterocycles. The highest BCUT2D eigenvalue weighted by molar-refractivity contribution is 5.86. The van der Waals surface area contributed by atoms with E-state index in [-0.39, 0.29) is 5.56 Å². The predicted octanol–water partition coefficient (Wildman–Crippen LogP) is 0.745. The molecular weight excluding hydrogens is 156 g/mol. The lowest BCUT2D eigenvalue weighted by molar-refractivity contribution is 0.0696. The Kier molecular flexibility index (Phi) is 5.55. The molecule has 1 heterocycles. The third-order valence-electron chi connectivity index (χ3n) is 0.908. The molecule has 0 saturated carbocycles. The number of carboxylic acid groups (broad SMARTS) is 1. The van der Waals surface area contributed by atoms with Crippen LogP contribution in [0.1, 0.15) is 17.3 Å². The van der Waals surface area contributed by atoms with Crippen molar-refractivity contribution >= 4 is 5.97 Å². The first-order chi connectivity index (χ1) is 5.72. The lowest BCUT2D eigenvalue weighted by Crippen LogP contribution is -1.94. The van der Waals surface area contributed by atoms with E-state index in [1.54, 1.807) is 6.07 Å². The van der Waals surface area contributed by atoms with E-state index in [4.69, 9.17) is 10.8 Å². The second-order valence-corrected chi connectivity index (χ2v) is 1.96. The van der Waals surface area contributed by atoms with E-state index in [0.717, 1.165) is 6.54 Å². The topological polar surface area (TPSA) is 76.2 Å². The van der Waals surface area contributed by atoms with Crippen molar-refractivity contribution in [3.8, 4) is 0 Å². The third-order valence-corrected chi connectivity index (χ3v) is 0.908. The van der Waals surface area contributed by atoms with E-state index >= 15 is 0 Å². The highest BCUT2D eigenvalue weighted by Gasteiger charge is 1.97. The number of carboxylic acids is 1. The van der Waals surface area contributed by atoms with Gasteiger partial charge in [-0.25, -0.2) is 4.79 Å². The number of pyridine rings is 1. The van der Waals surface area contributed by atoms with Crippen LogP contribution in [0.2, 0.25) is 0 Å². The molecule has 0 radical (unpaired) electrons. The van der Waals surface area contributed by atoms with E-state index in [2.05, 4.69) is 4.98 Å². The van der Waals surface area contributed by atoms with Crippen LogP contribution in [-0.2, 0) is 0 Å². The zero-order valence-corrected chi connectivity index (χ0v) is 6.90. The van der Waals surface area contributed by atoms with Crippen LogP contribution in [0.25, 0.3) is 0 Å². The minimum Gasteiger partial charge on any atom is -0.478 e. The molecule has 1 aromatic rings. The molecule has 0 aliphatic rings. The minimum absolute atomic E-state index is 0.220. The average Bonchev–Trinajstić information content (AvgIpc) is 2.07. The molecule has 0 fully saturated rings. The van der Waals surface area contributed by atoms with Gasteiger partial charge in [-0.3, -0.25) is 4.98 Å². The Labute approximate surface area is 71.0 Å². The first-order valence-corrected chi connectivity index (χ1v) is 3.55. The minimum atomic E-state index is -0.942. The fourth-order valence-corrected chi connectivity index (χ4v) is 0.489. The number of carbonyl (C=O) groups is 1. The lowest BCUT2D eigenvalue weighted by Gasteiger charge is -1.87. The van der Waals surface area contributed by atoms with Crippen LogP contribution in [0.15, 0.2) is 24.5 Å². The van der Waals surface area contributed by atoms with Crippen LogP contribution in [0, 0.1) is 0 Å². The summed E-state index contributed by atoms with van der Waals surface area (Å²) in [6.45, 7) is 2.65. The van der Waals surface area contributed by atoms with E-state index in [9.17, 15) is 4.79 Å². The molecule has 12 heavy (non-hydrogen) atoms. The van der Waals surface area contributed by atoms with Gasteiger partial charge in [-0.05, 0) is 18.7 Å². The lowest BCUT2D eigenvalue weighted by atomic mass is 10.3. The SMILES string of the molecule is CCN.O=C(O)c1cccnc1. The Morgan fingerprint density at radius 2 is 2.33 bits per heavy atom. The Hall–Kier alpha value is -1.42. The fraction of sp³-hybridized carbons (Fsp3) is 0.250. The Morgan fingerprint density at radius 3 is 2.58 bits per heavy atom. The van der Waals surface area contributed by atoms with Gasteiger partial charge < -0.3 is 10.8 Å². The number of aromatic nitrogens is 1. The molecule has 0 amide bonds. The Bertz CT molecular complexity index is 224. The summed E-state index contributed by atoms with van der Waals surface area (Å²) >= 11 is 0. The van der Waals surface area contributed by atoms with Crippen molar-refractivity contribution in [2.45, 2.75) is 6.92 Å². The zero-order valence-electron chi connectivity index (χ0n) is 6.90. The van der Waals surface area contributed by atoms with Gasteiger partial charge in [0.1, 0.15) is 0 Å². The van der Waals surface area contributed by atoms with Crippen molar-refractivity contribution in [3.63, 3.8) is 0 Å². The van der Waals surface area contributed by atoms with Crippen LogP contribution in [0.3, 0.4) is 0 Å². The molecule has 3 N–H and O–H groups in total. The molecule has 0 aliphatic carbocycles. The van der Waals surface area contributed by atoms with Gasteiger partial charge in [0.2, 0.25) is 0 Å². The van der Waals surface area contributed by atoms with E-state index in [0.29, 0.717) is 0 Å². The van der Waals surface area contributed by atoms with Crippen LogP contribution >= 0.6 is 0 Å². The number of nitrogens with two attached hydrogens (primary N) is 1. The van der Waals surface area contributed by atoms with Crippen LogP contribution in [0.4, 0.5) is 0 Å². The molecule has 4 nitrogen and oxygen atoms in total.